The lowest BCUT2D eigenvalue weighted by molar-refractivity contribution is -0.150. The van der Waals surface area contributed by atoms with Gasteiger partial charge in [0.05, 0.1) is 11.6 Å². The third-order valence-electron chi connectivity index (χ3n) is 1.70. The second kappa shape index (κ2) is 4.52. The first-order valence-corrected chi connectivity index (χ1v) is 4.57. The van der Waals surface area contributed by atoms with Crippen molar-refractivity contribution in [2.75, 3.05) is 7.11 Å². The quantitative estimate of drug-likeness (QED) is 0.827. The predicted molar refractivity (Wildman–Crippen MR) is 51.1 cm³/mol. The molecule has 1 unspecified atom stereocenters. The maximum Gasteiger partial charge on any atom is 0.339 e. The molecule has 76 valence electrons. The first-order valence-electron chi connectivity index (χ1n) is 3.77. The van der Waals surface area contributed by atoms with Crippen molar-refractivity contribution in [1.29, 1.82) is 0 Å². The second-order valence-corrected chi connectivity index (χ2v) is 3.36. The highest BCUT2D eigenvalue weighted by Gasteiger charge is 2.21. The SMILES string of the molecule is COC(=O)C(O)c1cccc(F)c1Br. The number of rotatable bonds is 2. The van der Waals surface area contributed by atoms with Gasteiger partial charge < -0.3 is 9.84 Å². The number of benzene rings is 1. The molecule has 0 saturated heterocycles. The summed E-state index contributed by atoms with van der Waals surface area (Å²) in [5.41, 5.74) is 0.150. The van der Waals surface area contributed by atoms with Gasteiger partial charge in [-0.25, -0.2) is 9.18 Å². The smallest absolute Gasteiger partial charge is 0.339 e. The van der Waals surface area contributed by atoms with Crippen molar-refractivity contribution in [3.8, 4) is 0 Å². The van der Waals surface area contributed by atoms with E-state index < -0.39 is 17.9 Å². The molecule has 5 heteroatoms. The number of hydrogen-bond donors (Lipinski definition) is 1. The minimum atomic E-state index is -1.47. The first kappa shape index (κ1) is 11.1. The van der Waals surface area contributed by atoms with E-state index in [9.17, 15) is 14.3 Å². The van der Waals surface area contributed by atoms with Gasteiger partial charge in [-0.15, -0.1) is 0 Å². The molecule has 1 N–H and O–H groups in total. The molecule has 14 heavy (non-hydrogen) atoms. The third kappa shape index (κ3) is 2.10. The molecule has 0 bridgehead atoms. The lowest BCUT2D eigenvalue weighted by atomic mass is 10.1. The van der Waals surface area contributed by atoms with Crippen LogP contribution in [-0.4, -0.2) is 18.2 Å². The van der Waals surface area contributed by atoms with Gasteiger partial charge in [-0.1, -0.05) is 12.1 Å². The molecule has 1 rings (SSSR count). The first-order chi connectivity index (χ1) is 6.57. The molecule has 0 aliphatic rings. The molecule has 1 aromatic carbocycles. The average Bonchev–Trinajstić information content (AvgIpc) is 2.20. The lowest BCUT2D eigenvalue weighted by Gasteiger charge is -2.10. The summed E-state index contributed by atoms with van der Waals surface area (Å²) in [6, 6.07) is 4.06. The number of ether oxygens (including phenoxy) is 1. The van der Waals surface area contributed by atoms with Gasteiger partial charge in [-0.3, -0.25) is 0 Å². The molecule has 3 nitrogen and oxygen atoms in total. The van der Waals surface area contributed by atoms with Crippen LogP contribution in [0.4, 0.5) is 4.39 Å². The highest BCUT2D eigenvalue weighted by atomic mass is 79.9. The molecule has 0 aromatic heterocycles. The Balaban J connectivity index is 3.07. The Bertz CT molecular complexity index is 354. The normalized spacial score (nSPS) is 12.3. The van der Waals surface area contributed by atoms with E-state index in [-0.39, 0.29) is 10.0 Å². The van der Waals surface area contributed by atoms with Crippen molar-refractivity contribution < 1.29 is 19.0 Å². The topological polar surface area (TPSA) is 46.5 Å². The van der Waals surface area contributed by atoms with Gasteiger partial charge in [0.25, 0.3) is 0 Å². The third-order valence-corrected chi connectivity index (χ3v) is 2.54. The number of aliphatic hydroxyl groups is 1. The van der Waals surface area contributed by atoms with Gasteiger partial charge in [-0.2, -0.15) is 0 Å². The van der Waals surface area contributed by atoms with Gasteiger partial charge >= 0.3 is 5.97 Å². The minimum Gasteiger partial charge on any atom is -0.467 e. The summed E-state index contributed by atoms with van der Waals surface area (Å²) < 4.78 is 17.4. The van der Waals surface area contributed by atoms with Crippen LogP contribution in [0.5, 0.6) is 0 Å². The molecule has 0 spiro atoms. The highest BCUT2D eigenvalue weighted by Crippen LogP contribution is 2.26. The van der Waals surface area contributed by atoms with Crippen LogP contribution >= 0.6 is 15.9 Å². The van der Waals surface area contributed by atoms with Gasteiger partial charge in [0.1, 0.15) is 5.82 Å². The fraction of sp³-hybridized carbons (Fsp3) is 0.222. The number of esters is 1. The summed E-state index contributed by atoms with van der Waals surface area (Å²) in [5, 5.41) is 9.42. The van der Waals surface area contributed by atoms with E-state index in [0.717, 1.165) is 7.11 Å². The molecule has 0 aliphatic heterocycles. The molecule has 0 aliphatic carbocycles. The van der Waals surface area contributed by atoms with Crippen LogP contribution in [0.2, 0.25) is 0 Å². The largest absolute Gasteiger partial charge is 0.467 e. The number of aliphatic hydroxyl groups excluding tert-OH is 1. The molecular weight excluding hydrogens is 255 g/mol. The van der Waals surface area contributed by atoms with Crippen LogP contribution in [0.25, 0.3) is 0 Å². The second-order valence-electron chi connectivity index (χ2n) is 2.57. The van der Waals surface area contributed by atoms with E-state index in [1.165, 1.54) is 18.2 Å². The fourth-order valence-electron chi connectivity index (χ4n) is 0.970. The summed E-state index contributed by atoms with van der Waals surface area (Å²) in [6.45, 7) is 0. The van der Waals surface area contributed by atoms with Crippen molar-refractivity contribution >= 4 is 21.9 Å². The highest BCUT2D eigenvalue weighted by molar-refractivity contribution is 9.10. The minimum absolute atomic E-state index is 0.0675. The Morgan fingerprint density at radius 3 is 2.86 bits per heavy atom. The summed E-state index contributed by atoms with van der Waals surface area (Å²) in [5.74, 6) is -1.36. The fourth-order valence-corrected chi connectivity index (χ4v) is 1.45. The Labute approximate surface area is 88.6 Å². The standard InChI is InChI=1S/C9H8BrFO3/c1-14-9(13)8(12)5-3-2-4-6(11)7(5)10/h2-4,8,12H,1H3. The van der Waals surface area contributed by atoms with Gasteiger partial charge in [0, 0.05) is 5.56 Å². The summed E-state index contributed by atoms with van der Waals surface area (Å²) >= 11 is 2.94. The van der Waals surface area contributed by atoms with Crippen LogP contribution in [0.15, 0.2) is 22.7 Å². The molecular formula is C9H8BrFO3. The number of methoxy groups -OCH3 is 1. The van der Waals surface area contributed by atoms with Crippen molar-refractivity contribution in [3.05, 3.63) is 34.1 Å². The van der Waals surface area contributed by atoms with E-state index in [4.69, 9.17) is 0 Å². The van der Waals surface area contributed by atoms with Crippen LogP contribution < -0.4 is 0 Å². The van der Waals surface area contributed by atoms with Gasteiger partial charge in [0.2, 0.25) is 0 Å². The Morgan fingerprint density at radius 1 is 1.64 bits per heavy atom. The van der Waals surface area contributed by atoms with Crippen LogP contribution in [0.1, 0.15) is 11.7 Å². The zero-order valence-corrected chi connectivity index (χ0v) is 8.92. The molecule has 1 atom stereocenters. The Hall–Kier alpha value is -0.940. The van der Waals surface area contributed by atoms with E-state index in [1.807, 2.05) is 0 Å². The predicted octanol–water partition coefficient (Wildman–Crippen LogP) is 1.79. The summed E-state index contributed by atoms with van der Waals surface area (Å²) in [7, 11) is 1.15. The molecule has 1 aromatic rings. The number of carbonyl (C=O) groups is 1. The van der Waals surface area contributed by atoms with Gasteiger partial charge in [0.15, 0.2) is 6.10 Å². The van der Waals surface area contributed by atoms with Crippen molar-refractivity contribution in [2.45, 2.75) is 6.10 Å². The van der Waals surface area contributed by atoms with E-state index >= 15 is 0 Å². The average molecular weight is 263 g/mol. The zero-order valence-electron chi connectivity index (χ0n) is 7.33. The number of halogens is 2. The van der Waals surface area contributed by atoms with Crippen LogP contribution in [0, 0.1) is 5.82 Å². The van der Waals surface area contributed by atoms with Crippen LogP contribution in [-0.2, 0) is 9.53 Å². The molecule has 0 fully saturated rings. The summed E-state index contributed by atoms with van der Waals surface area (Å²) in [6.07, 6.45) is -1.47. The molecule has 0 amide bonds. The van der Waals surface area contributed by atoms with E-state index in [0.29, 0.717) is 0 Å². The monoisotopic (exact) mass is 262 g/mol. The van der Waals surface area contributed by atoms with Crippen LogP contribution in [0.3, 0.4) is 0 Å². The Kier molecular flexibility index (Phi) is 3.60. The van der Waals surface area contributed by atoms with Gasteiger partial charge in [-0.05, 0) is 22.0 Å². The van der Waals surface area contributed by atoms with E-state index in [2.05, 4.69) is 20.7 Å². The molecule has 0 saturated carbocycles. The summed E-state index contributed by atoms with van der Waals surface area (Å²) in [4.78, 5) is 11.0. The van der Waals surface area contributed by atoms with E-state index in [1.54, 1.807) is 0 Å². The van der Waals surface area contributed by atoms with Crippen molar-refractivity contribution in [1.82, 2.24) is 0 Å². The molecule has 0 heterocycles. The lowest BCUT2D eigenvalue weighted by Crippen LogP contribution is -2.14. The zero-order chi connectivity index (χ0) is 10.7. The maximum atomic E-state index is 13.0. The number of carbonyl (C=O) groups excluding carboxylic acids is 1. The maximum absolute atomic E-state index is 13.0. The Morgan fingerprint density at radius 2 is 2.29 bits per heavy atom. The van der Waals surface area contributed by atoms with Crippen molar-refractivity contribution in [3.63, 3.8) is 0 Å². The van der Waals surface area contributed by atoms with Crippen molar-refractivity contribution in [2.24, 2.45) is 0 Å². The molecule has 0 radical (unpaired) electrons. The number of hydrogen-bond acceptors (Lipinski definition) is 3.